The average Bonchev–Trinajstić information content (AvgIpc) is 2.80. The van der Waals surface area contributed by atoms with E-state index in [9.17, 15) is 4.21 Å². The fourth-order valence-electron chi connectivity index (χ4n) is 3.61. The molecule has 0 radical (unpaired) electrons. The van der Waals surface area contributed by atoms with E-state index in [1.807, 2.05) is 97.1 Å². The minimum absolute atomic E-state index is 0.649. The van der Waals surface area contributed by atoms with Crippen LogP contribution in [0.15, 0.2) is 125 Å². The first kappa shape index (κ1) is 17.7. The van der Waals surface area contributed by atoms with Crippen LogP contribution < -0.4 is 4.18 Å². The average molecular weight is 396 g/mol. The fourth-order valence-corrected chi connectivity index (χ4v) is 5.52. The van der Waals surface area contributed by atoms with E-state index in [0.717, 1.165) is 21.5 Å². The Balaban J connectivity index is 1.80. The van der Waals surface area contributed by atoms with E-state index in [1.54, 1.807) is 0 Å². The van der Waals surface area contributed by atoms with Crippen LogP contribution in [0.2, 0.25) is 0 Å². The van der Waals surface area contributed by atoms with Crippen molar-refractivity contribution in [2.24, 2.45) is 0 Å². The molecule has 0 unspecified atom stereocenters. The molecule has 0 aliphatic rings. The molecule has 2 nitrogen and oxygen atoms in total. The summed E-state index contributed by atoms with van der Waals surface area (Å²) in [5, 5.41) is 4.02. The molecule has 0 aromatic heterocycles. The largest absolute Gasteiger partial charge is 0.325 e. The summed E-state index contributed by atoms with van der Waals surface area (Å²) in [5.41, 5.74) is 0. The predicted octanol–water partition coefficient (Wildman–Crippen LogP) is 6.90. The van der Waals surface area contributed by atoms with Crippen molar-refractivity contribution in [3.63, 3.8) is 0 Å². The van der Waals surface area contributed by atoms with Gasteiger partial charge in [-0.2, -0.15) is 0 Å². The Morgan fingerprint density at radius 2 is 0.931 bits per heavy atom. The van der Waals surface area contributed by atoms with Gasteiger partial charge in [-0.3, -0.25) is 4.18 Å². The Morgan fingerprint density at radius 1 is 0.517 bits per heavy atom. The van der Waals surface area contributed by atoms with Gasteiger partial charge in [-0.1, -0.05) is 84.9 Å². The summed E-state index contributed by atoms with van der Waals surface area (Å²) in [4.78, 5) is 1.31. The zero-order chi connectivity index (χ0) is 19.7. The highest BCUT2D eigenvalue weighted by atomic mass is 32.3. The van der Waals surface area contributed by atoms with Crippen LogP contribution in [0.1, 0.15) is 0 Å². The number of hydrogen-bond donors (Lipinski definition) is 0. The van der Waals surface area contributed by atoms with Gasteiger partial charge in [-0.25, -0.2) is 0 Å². The molecule has 0 saturated heterocycles. The van der Waals surface area contributed by atoms with Crippen LogP contribution in [0.3, 0.4) is 0 Å². The molecule has 140 valence electrons. The maximum absolute atomic E-state index is 14.4. The monoisotopic (exact) mass is 395 g/mol. The summed E-state index contributed by atoms with van der Waals surface area (Å²) < 4.78 is 21.0. The van der Waals surface area contributed by atoms with Crippen molar-refractivity contribution in [2.45, 2.75) is 9.79 Å². The van der Waals surface area contributed by atoms with Gasteiger partial charge in [0.05, 0.1) is 0 Å². The second-order valence-corrected chi connectivity index (χ2v) is 8.98. The minimum atomic E-state index is -2.98. The summed E-state index contributed by atoms with van der Waals surface area (Å²) in [6, 6.07) is 37.1. The molecule has 3 heteroatoms. The first-order valence-electron chi connectivity index (χ1n) is 9.50. The highest BCUT2D eigenvalue weighted by Crippen LogP contribution is 2.40. The van der Waals surface area contributed by atoms with Crippen LogP contribution in [0.25, 0.3) is 21.5 Å². The molecule has 0 N–H and O–H groups in total. The molecule has 0 atom stereocenters. The molecular formula is C26H19O2S+. The molecule has 0 heterocycles. The van der Waals surface area contributed by atoms with Crippen molar-refractivity contribution >= 4 is 31.8 Å². The van der Waals surface area contributed by atoms with Crippen molar-refractivity contribution < 1.29 is 8.39 Å². The molecular weight excluding hydrogens is 376 g/mol. The molecule has 0 amide bonds. The van der Waals surface area contributed by atoms with E-state index >= 15 is 0 Å². The van der Waals surface area contributed by atoms with Gasteiger partial charge in [0, 0.05) is 10.8 Å². The normalized spacial score (nSPS) is 11.6. The van der Waals surface area contributed by atoms with Gasteiger partial charge < -0.3 is 0 Å². The summed E-state index contributed by atoms with van der Waals surface area (Å²) >= 11 is 0. The number of fused-ring (bicyclic) bond motifs is 2. The van der Waals surface area contributed by atoms with E-state index in [-0.39, 0.29) is 0 Å². The number of hydrogen-bond acceptors (Lipinski definition) is 2. The Kier molecular flexibility index (Phi) is 4.38. The number of benzene rings is 5. The standard InChI is InChI=1S/C26H19O2S/c27-29(22-13-3-1-4-14-22,23-15-5-2-6-16-23)28-26-24-17-9-7-11-20(24)19-21-12-8-10-18-25(21)26/h1-19H/q+1. The van der Waals surface area contributed by atoms with Crippen LogP contribution in [0.4, 0.5) is 0 Å². The smallest absolute Gasteiger partial charge is 0.273 e. The van der Waals surface area contributed by atoms with E-state index < -0.39 is 10.2 Å². The third-order valence-corrected chi connectivity index (χ3v) is 7.22. The number of rotatable bonds is 4. The van der Waals surface area contributed by atoms with Crippen LogP contribution in [0.5, 0.6) is 5.75 Å². The lowest BCUT2D eigenvalue weighted by molar-refractivity contribution is 0.504. The van der Waals surface area contributed by atoms with Gasteiger partial charge in [-0.15, -0.1) is 0 Å². The van der Waals surface area contributed by atoms with Crippen LogP contribution in [0, 0.1) is 0 Å². The lowest BCUT2D eigenvalue weighted by Crippen LogP contribution is -2.20. The first-order chi connectivity index (χ1) is 14.3. The third kappa shape index (κ3) is 3.10. The third-order valence-electron chi connectivity index (χ3n) is 5.03. The molecule has 0 aliphatic carbocycles. The second kappa shape index (κ2) is 7.19. The molecule has 5 aromatic rings. The molecule has 5 rings (SSSR count). The van der Waals surface area contributed by atoms with E-state index in [1.165, 1.54) is 0 Å². The zero-order valence-electron chi connectivity index (χ0n) is 15.7. The zero-order valence-corrected chi connectivity index (χ0v) is 16.5. The van der Waals surface area contributed by atoms with Crippen LogP contribution >= 0.6 is 0 Å². The van der Waals surface area contributed by atoms with Crippen LogP contribution in [-0.4, -0.2) is 0 Å². The van der Waals surface area contributed by atoms with Gasteiger partial charge >= 0.3 is 10.2 Å². The maximum atomic E-state index is 14.4. The molecule has 29 heavy (non-hydrogen) atoms. The maximum Gasteiger partial charge on any atom is 0.325 e. The van der Waals surface area contributed by atoms with Gasteiger partial charge in [0.2, 0.25) is 15.5 Å². The lowest BCUT2D eigenvalue weighted by Gasteiger charge is -2.15. The van der Waals surface area contributed by atoms with Gasteiger partial charge in [0.1, 0.15) is 0 Å². The SMILES string of the molecule is O=[S+](Oc1c2ccccc2cc2ccccc12)(c1ccccc1)c1ccccc1. The van der Waals surface area contributed by atoms with Gasteiger partial charge in [0.15, 0.2) is 0 Å². The summed E-state index contributed by atoms with van der Waals surface area (Å²) in [5.74, 6) is 0.649. The summed E-state index contributed by atoms with van der Waals surface area (Å²) in [6.07, 6.45) is 0. The van der Waals surface area contributed by atoms with Crippen molar-refractivity contribution in [1.82, 2.24) is 0 Å². The second-order valence-electron chi connectivity index (χ2n) is 6.86. The van der Waals surface area contributed by atoms with E-state index in [0.29, 0.717) is 15.5 Å². The molecule has 0 fully saturated rings. The van der Waals surface area contributed by atoms with Crippen molar-refractivity contribution in [3.05, 3.63) is 115 Å². The van der Waals surface area contributed by atoms with Crippen molar-refractivity contribution in [2.75, 3.05) is 0 Å². The quantitative estimate of drug-likeness (QED) is 0.244. The van der Waals surface area contributed by atoms with E-state index in [2.05, 4.69) is 18.2 Å². The Labute approximate surface area is 171 Å². The van der Waals surface area contributed by atoms with Crippen LogP contribution in [-0.2, 0) is 14.4 Å². The first-order valence-corrected chi connectivity index (χ1v) is 11.0. The summed E-state index contributed by atoms with van der Waals surface area (Å²) in [7, 11) is -2.98. The molecule has 0 spiro atoms. The molecule has 0 bridgehead atoms. The topological polar surface area (TPSA) is 26.3 Å². The Morgan fingerprint density at radius 3 is 1.41 bits per heavy atom. The summed E-state index contributed by atoms with van der Waals surface area (Å²) in [6.45, 7) is 0. The Bertz CT molecular complexity index is 1250. The van der Waals surface area contributed by atoms with Gasteiger partial charge in [0.25, 0.3) is 0 Å². The van der Waals surface area contributed by atoms with E-state index in [4.69, 9.17) is 4.18 Å². The molecule has 5 aromatic carbocycles. The fraction of sp³-hybridized carbons (Fsp3) is 0. The highest BCUT2D eigenvalue weighted by molar-refractivity contribution is 7.99. The lowest BCUT2D eigenvalue weighted by atomic mass is 10.0. The van der Waals surface area contributed by atoms with Gasteiger partial charge in [-0.05, 0) is 45.3 Å². The molecule has 0 aliphatic heterocycles. The predicted molar refractivity (Wildman–Crippen MR) is 120 cm³/mol. The Hall–Kier alpha value is -3.43. The van der Waals surface area contributed by atoms with Crippen molar-refractivity contribution in [3.8, 4) is 5.75 Å². The highest BCUT2D eigenvalue weighted by Gasteiger charge is 2.39. The minimum Gasteiger partial charge on any atom is -0.273 e. The van der Waals surface area contributed by atoms with Crippen molar-refractivity contribution in [1.29, 1.82) is 0 Å². The molecule has 0 saturated carbocycles.